The van der Waals surface area contributed by atoms with Crippen molar-refractivity contribution < 1.29 is 9.59 Å². The van der Waals surface area contributed by atoms with Gasteiger partial charge in [-0.2, -0.15) is 0 Å². The summed E-state index contributed by atoms with van der Waals surface area (Å²) in [5.74, 6) is 0.0334. The number of amides is 2. The summed E-state index contributed by atoms with van der Waals surface area (Å²) in [5, 5.41) is 3.24. The number of benzene rings is 2. The van der Waals surface area contributed by atoms with Gasteiger partial charge in [-0.15, -0.1) is 0 Å². The summed E-state index contributed by atoms with van der Waals surface area (Å²) >= 11 is 0. The minimum Gasteiger partial charge on any atom is -0.352 e. The smallest absolute Gasteiger partial charge is 0.243 e. The third-order valence-corrected chi connectivity index (χ3v) is 6.24. The molecular formula is C27H36N2O2. The van der Waals surface area contributed by atoms with Crippen molar-refractivity contribution in [3.05, 3.63) is 71.3 Å². The lowest BCUT2D eigenvalue weighted by Crippen LogP contribution is -2.51. The number of hydrogen-bond acceptors (Lipinski definition) is 2. The van der Waals surface area contributed by atoms with Crippen molar-refractivity contribution in [2.24, 2.45) is 0 Å². The van der Waals surface area contributed by atoms with Crippen LogP contribution >= 0.6 is 0 Å². The van der Waals surface area contributed by atoms with Crippen molar-refractivity contribution in [3.63, 3.8) is 0 Å². The van der Waals surface area contributed by atoms with Crippen LogP contribution in [-0.2, 0) is 22.6 Å². The molecule has 0 saturated heterocycles. The third kappa shape index (κ3) is 6.95. The van der Waals surface area contributed by atoms with E-state index < -0.39 is 6.04 Å². The molecular weight excluding hydrogens is 384 g/mol. The Labute approximate surface area is 187 Å². The van der Waals surface area contributed by atoms with Gasteiger partial charge in [-0.1, -0.05) is 86.3 Å². The highest BCUT2D eigenvalue weighted by molar-refractivity contribution is 5.88. The molecule has 4 nitrogen and oxygen atoms in total. The number of rotatable bonds is 9. The van der Waals surface area contributed by atoms with Crippen LogP contribution in [0.3, 0.4) is 0 Å². The highest BCUT2D eigenvalue weighted by atomic mass is 16.2. The van der Waals surface area contributed by atoms with Gasteiger partial charge in [0.1, 0.15) is 6.04 Å². The lowest BCUT2D eigenvalue weighted by atomic mass is 9.95. The largest absolute Gasteiger partial charge is 0.352 e. The maximum absolute atomic E-state index is 13.3. The van der Waals surface area contributed by atoms with Gasteiger partial charge in [0.25, 0.3) is 0 Å². The summed E-state index contributed by atoms with van der Waals surface area (Å²) in [4.78, 5) is 28.4. The van der Waals surface area contributed by atoms with Gasteiger partial charge < -0.3 is 10.2 Å². The molecule has 1 fully saturated rings. The topological polar surface area (TPSA) is 49.4 Å². The SMILES string of the molecule is CCC(C(=O)NC1CCCCC1)N(Cc1cccc(C)c1)C(=O)CCc1ccccc1. The van der Waals surface area contributed by atoms with E-state index in [0.29, 0.717) is 25.8 Å². The fraction of sp³-hybridized carbons (Fsp3) is 0.481. The predicted octanol–water partition coefficient (Wildman–Crippen LogP) is 5.18. The first-order valence-corrected chi connectivity index (χ1v) is 11.8. The van der Waals surface area contributed by atoms with E-state index in [0.717, 1.165) is 29.5 Å². The number of nitrogens with zero attached hydrogens (tertiary/aromatic N) is 1. The summed E-state index contributed by atoms with van der Waals surface area (Å²) in [7, 11) is 0. The molecule has 4 heteroatoms. The standard InChI is InChI=1S/C27H36N2O2/c1-3-25(27(31)28-24-15-8-5-9-16-24)29(20-23-14-10-11-21(2)19-23)26(30)18-17-22-12-6-4-7-13-22/h4,6-7,10-14,19,24-25H,3,5,8-9,15-18,20H2,1-2H3,(H,28,31). The summed E-state index contributed by atoms with van der Waals surface area (Å²) < 4.78 is 0. The molecule has 1 aliphatic rings. The molecule has 3 rings (SSSR count). The molecule has 0 aromatic heterocycles. The summed E-state index contributed by atoms with van der Waals surface area (Å²) in [6.07, 6.45) is 7.38. The first-order chi connectivity index (χ1) is 15.1. The van der Waals surface area contributed by atoms with Gasteiger partial charge in [-0.3, -0.25) is 9.59 Å². The molecule has 2 amide bonds. The van der Waals surface area contributed by atoms with Crippen LogP contribution in [0.1, 0.15) is 68.6 Å². The molecule has 2 aromatic rings. The Morgan fingerprint density at radius 1 is 1.00 bits per heavy atom. The van der Waals surface area contributed by atoms with E-state index in [-0.39, 0.29) is 17.9 Å². The number of aryl methyl sites for hydroxylation is 2. The normalized spacial score (nSPS) is 15.3. The van der Waals surface area contributed by atoms with Crippen LogP contribution < -0.4 is 5.32 Å². The van der Waals surface area contributed by atoms with E-state index in [1.54, 1.807) is 4.90 Å². The molecule has 1 saturated carbocycles. The zero-order valence-electron chi connectivity index (χ0n) is 19.0. The molecule has 0 aliphatic heterocycles. The van der Waals surface area contributed by atoms with Crippen LogP contribution in [0.5, 0.6) is 0 Å². The number of nitrogens with one attached hydrogen (secondary N) is 1. The van der Waals surface area contributed by atoms with E-state index in [2.05, 4.69) is 24.4 Å². The zero-order valence-corrected chi connectivity index (χ0v) is 19.0. The van der Waals surface area contributed by atoms with Gasteiger partial charge in [0, 0.05) is 19.0 Å². The summed E-state index contributed by atoms with van der Waals surface area (Å²) in [5.41, 5.74) is 3.37. The summed E-state index contributed by atoms with van der Waals surface area (Å²) in [6, 6.07) is 18.1. The minimum atomic E-state index is -0.439. The Kier molecular flexibility index (Phi) is 8.69. The van der Waals surface area contributed by atoms with Gasteiger partial charge in [-0.25, -0.2) is 0 Å². The van der Waals surface area contributed by atoms with Crippen molar-refractivity contribution in [3.8, 4) is 0 Å². The lowest BCUT2D eigenvalue weighted by molar-refractivity contribution is -0.141. The van der Waals surface area contributed by atoms with Crippen molar-refractivity contribution >= 4 is 11.8 Å². The van der Waals surface area contributed by atoms with Gasteiger partial charge in [0.2, 0.25) is 11.8 Å². The maximum Gasteiger partial charge on any atom is 0.243 e. The summed E-state index contributed by atoms with van der Waals surface area (Å²) in [6.45, 7) is 4.52. The van der Waals surface area contributed by atoms with Crippen molar-refractivity contribution in [2.75, 3.05) is 0 Å². The molecule has 0 radical (unpaired) electrons. The van der Waals surface area contributed by atoms with E-state index in [1.165, 1.54) is 19.3 Å². The maximum atomic E-state index is 13.3. The van der Waals surface area contributed by atoms with Crippen LogP contribution in [0.25, 0.3) is 0 Å². The highest BCUT2D eigenvalue weighted by Crippen LogP contribution is 2.20. The monoisotopic (exact) mass is 420 g/mol. The highest BCUT2D eigenvalue weighted by Gasteiger charge is 2.30. The second kappa shape index (κ2) is 11.7. The Morgan fingerprint density at radius 2 is 1.71 bits per heavy atom. The Balaban J connectivity index is 1.74. The molecule has 2 aromatic carbocycles. The van der Waals surface area contributed by atoms with Crippen molar-refractivity contribution in [1.82, 2.24) is 10.2 Å². The molecule has 0 heterocycles. The number of carbonyl (C=O) groups is 2. The molecule has 1 atom stereocenters. The van der Waals surface area contributed by atoms with Crippen LogP contribution in [0.4, 0.5) is 0 Å². The Hall–Kier alpha value is -2.62. The van der Waals surface area contributed by atoms with Gasteiger partial charge >= 0.3 is 0 Å². The van der Waals surface area contributed by atoms with Crippen LogP contribution in [-0.4, -0.2) is 28.8 Å². The first-order valence-electron chi connectivity index (χ1n) is 11.8. The van der Waals surface area contributed by atoms with Crippen LogP contribution in [0.15, 0.2) is 54.6 Å². The molecule has 0 bridgehead atoms. The van der Waals surface area contributed by atoms with E-state index in [1.807, 2.05) is 49.4 Å². The zero-order chi connectivity index (χ0) is 22.1. The molecule has 1 aliphatic carbocycles. The van der Waals surface area contributed by atoms with Gasteiger partial charge in [0.05, 0.1) is 0 Å². The lowest BCUT2D eigenvalue weighted by Gasteiger charge is -2.33. The minimum absolute atomic E-state index is 0.00452. The molecule has 166 valence electrons. The average molecular weight is 421 g/mol. The predicted molar refractivity (Wildman–Crippen MR) is 126 cm³/mol. The number of carbonyl (C=O) groups excluding carboxylic acids is 2. The van der Waals surface area contributed by atoms with E-state index in [9.17, 15) is 9.59 Å². The third-order valence-electron chi connectivity index (χ3n) is 6.24. The molecule has 1 unspecified atom stereocenters. The van der Waals surface area contributed by atoms with Crippen LogP contribution in [0, 0.1) is 6.92 Å². The number of hydrogen-bond donors (Lipinski definition) is 1. The van der Waals surface area contributed by atoms with Gasteiger partial charge in [-0.05, 0) is 43.7 Å². The quantitative estimate of drug-likeness (QED) is 0.607. The second-order valence-electron chi connectivity index (χ2n) is 8.76. The Morgan fingerprint density at radius 3 is 2.39 bits per heavy atom. The first kappa shape index (κ1) is 23.1. The molecule has 1 N–H and O–H groups in total. The fourth-order valence-corrected chi connectivity index (χ4v) is 4.51. The van der Waals surface area contributed by atoms with E-state index >= 15 is 0 Å². The Bertz CT molecular complexity index is 843. The average Bonchev–Trinajstić information content (AvgIpc) is 2.79. The van der Waals surface area contributed by atoms with Crippen LogP contribution in [0.2, 0.25) is 0 Å². The second-order valence-corrected chi connectivity index (χ2v) is 8.76. The molecule has 0 spiro atoms. The van der Waals surface area contributed by atoms with Crippen molar-refractivity contribution in [1.29, 1.82) is 0 Å². The molecule has 31 heavy (non-hydrogen) atoms. The van der Waals surface area contributed by atoms with Gasteiger partial charge in [0.15, 0.2) is 0 Å². The van der Waals surface area contributed by atoms with Crippen molar-refractivity contribution in [2.45, 2.75) is 83.8 Å². The fourth-order valence-electron chi connectivity index (χ4n) is 4.51. The van der Waals surface area contributed by atoms with E-state index in [4.69, 9.17) is 0 Å².